The van der Waals surface area contributed by atoms with Gasteiger partial charge < -0.3 is 0 Å². The molecule has 0 aliphatic carbocycles. The lowest BCUT2D eigenvalue weighted by molar-refractivity contribution is 0.195. The number of unbranched alkanes of at least 4 members (excludes halogenated alkanes) is 1. The van der Waals surface area contributed by atoms with Gasteiger partial charge in [0, 0.05) is 24.2 Å². The van der Waals surface area contributed by atoms with Gasteiger partial charge in [0.25, 0.3) is 5.56 Å². The van der Waals surface area contributed by atoms with Crippen LogP contribution >= 0.6 is 0 Å². The summed E-state index contributed by atoms with van der Waals surface area (Å²) in [6.07, 6.45) is 2.85. The Hall–Kier alpha value is -2.92. The standard InChI is InChI=1S/C26H32N4O/c1-5-6-14-28-17-29(23-13-12-19(2)20(3)15-23)26-27-21(4)24(25(31)30(26)18-28)16-22-10-8-7-9-11-22/h7-13,15H,5-6,14,16-18H2,1-4H3. The van der Waals surface area contributed by atoms with Gasteiger partial charge in [-0.3, -0.25) is 19.2 Å². The summed E-state index contributed by atoms with van der Waals surface area (Å²) in [6.45, 7) is 10.7. The van der Waals surface area contributed by atoms with Gasteiger partial charge in [-0.2, -0.15) is 0 Å². The van der Waals surface area contributed by atoms with Gasteiger partial charge in [-0.1, -0.05) is 49.7 Å². The summed E-state index contributed by atoms with van der Waals surface area (Å²) in [6, 6.07) is 16.6. The molecule has 162 valence electrons. The van der Waals surface area contributed by atoms with Crippen molar-refractivity contribution in [3.63, 3.8) is 0 Å². The van der Waals surface area contributed by atoms with E-state index in [1.807, 2.05) is 29.7 Å². The summed E-state index contributed by atoms with van der Waals surface area (Å²) in [7, 11) is 0. The smallest absolute Gasteiger partial charge is 0.259 e. The quantitative estimate of drug-likeness (QED) is 0.571. The van der Waals surface area contributed by atoms with Crippen LogP contribution in [0.1, 0.15) is 47.7 Å². The fourth-order valence-corrected chi connectivity index (χ4v) is 4.15. The highest BCUT2D eigenvalue weighted by molar-refractivity contribution is 5.60. The summed E-state index contributed by atoms with van der Waals surface area (Å²) >= 11 is 0. The molecular weight excluding hydrogens is 384 g/mol. The maximum Gasteiger partial charge on any atom is 0.259 e. The Morgan fingerprint density at radius 3 is 2.45 bits per heavy atom. The molecule has 0 atom stereocenters. The van der Waals surface area contributed by atoms with E-state index in [0.717, 1.165) is 54.5 Å². The molecule has 0 spiro atoms. The van der Waals surface area contributed by atoms with Gasteiger partial charge in [-0.05, 0) is 56.0 Å². The number of nitrogens with zero attached hydrogens (tertiary/aromatic N) is 4. The lowest BCUT2D eigenvalue weighted by Crippen LogP contribution is -2.48. The first-order chi connectivity index (χ1) is 15.0. The summed E-state index contributed by atoms with van der Waals surface area (Å²) in [5.74, 6) is 0.746. The molecule has 0 radical (unpaired) electrons. The minimum Gasteiger partial charge on any atom is -0.298 e. The number of anilines is 2. The second-order valence-corrected chi connectivity index (χ2v) is 8.60. The van der Waals surface area contributed by atoms with Crippen molar-refractivity contribution < 1.29 is 0 Å². The van der Waals surface area contributed by atoms with Crippen LogP contribution in [0.25, 0.3) is 0 Å². The Bertz CT molecular complexity index is 1120. The minimum absolute atomic E-state index is 0.0707. The maximum absolute atomic E-state index is 13.6. The van der Waals surface area contributed by atoms with Crippen LogP contribution in [0, 0.1) is 20.8 Å². The van der Waals surface area contributed by atoms with Crippen molar-refractivity contribution in [2.24, 2.45) is 0 Å². The van der Waals surface area contributed by atoms with E-state index < -0.39 is 0 Å². The molecule has 0 fully saturated rings. The lowest BCUT2D eigenvalue weighted by Gasteiger charge is -2.38. The van der Waals surface area contributed by atoms with Crippen molar-refractivity contribution in [1.82, 2.24) is 14.5 Å². The van der Waals surface area contributed by atoms with E-state index in [4.69, 9.17) is 4.98 Å². The van der Waals surface area contributed by atoms with E-state index in [0.29, 0.717) is 13.1 Å². The second kappa shape index (κ2) is 9.06. The average molecular weight is 417 g/mol. The molecule has 2 aromatic carbocycles. The van der Waals surface area contributed by atoms with Crippen LogP contribution in [0.3, 0.4) is 0 Å². The summed E-state index contributed by atoms with van der Waals surface area (Å²) in [5.41, 5.74) is 6.40. The zero-order valence-corrected chi connectivity index (χ0v) is 19.1. The van der Waals surface area contributed by atoms with Crippen LogP contribution in [0.5, 0.6) is 0 Å². The molecule has 0 amide bonds. The van der Waals surface area contributed by atoms with Gasteiger partial charge in [-0.25, -0.2) is 4.98 Å². The zero-order chi connectivity index (χ0) is 22.0. The summed E-state index contributed by atoms with van der Waals surface area (Å²) in [4.78, 5) is 23.1. The van der Waals surface area contributed by atoms with E-state index in [2.05, 4.69) is 60.9 Å². The number of aryl methyl sites for hydroxylation is 3. The molecular formula is C26H32N4O. The zero-order valence-electron chi connectivity index (χ0n) is 19.1. The Morgan fingerprint density at radius 1 is 0.968 bits per heavy atom. The highest BCUT2D eigenvalue weighted by atomic mass is 16.1. The van der Waals surface area contributed by atoms with Crippen molar-refractivity contribution in [3.05, 3.63) is 86.8 Å². The van der Waals surface area contributed by atoms with E-state index in [1.54, 1.807) is 0 Å². The van der Waals surface area contributed by atoms with Crippen LogP contribution in [-0.4, -0.2) is 27.7 Å². The van der Waals surface area contributed by atoms with Gasteiger partial charge in [0.05, 0.1) is 19.0 Å². The van der Waals surface area contributed by atoms with E-state index in [-0.39, 0.29) is 5.56 Å². The molecule has 0 N–H and O–H groups in total. The van der Waals surface area contributed by atoms with Crippen molar-refractivity contribution in [3.8, 4) is 0 Å². The predicted octanol–water partition coefficient (Wildman–Crippen LogP) is 4.93. The Morgan fingerprint density at radius 2 is 1.74 bits per heavy atom. The van der Waals surface area contributed by atoms with Crippen molar-refractivity contribution in [2.45, 2.75) is 53.6 Å². The molecule has 4 rings (SSSR count). The minimum atomic E-state index is 0.0707. The van der Waals surface area contributed by atoms with E-state index >= 15 is 0 Å². The van der Waals surface area contributed by atoms with Crippen LogP contribution in [0.2, 0.25) is 0 Å². The normalized spacial score (nSPS) is 14.0. The first-order valence-corrected chi connectivity index (χ1v) is 11.2. The third-order valence-electron chi connectivity index (χ3n) is 6.23. The topological polar surface area (TPSA) is 41.4 Å². The third kappa shape index (κ3) is 4.42. The van der Waals surface area contributed by atoms with Gasteiger partial charge in [0.1, 0.15) is 0 Å². The van der Waals surface area contributed by atoms with E-state index in [9.17, 15) is 4.79 Å². The molecule has 0 bridgehead atoms. The number of hydrogen-bond acceptors (Lipinski definition) is 4. The van der Waals surface area contributed by atoms with Crippen molar-refractivity contribution in [2.75, 3.05) is 18.1 Å². The number of aromatic nitrogens is 2. The molecule has 1 aliphatic heterocycles. The molecule has 3 aromatic rings. The van der Waals surface area contributed by atoms with E-state index in [1.165, 1.54) is 11.1 Å². The highest BCUT2D eigenvalue weighted by Gasteiger charge is 2.27. The van der Waals surface area contributed by atoms with Gasteiger partial charge >= 0.3 is 0 Å². The number of benzene rings is 2. The predicted molar refractivity (Wildman–Crippen MR) is 127 cm³/mol. The molecule has 5 nitrogen and oxygen atoms in total. The first-order valence-electron chi connectivity index (χ1n) is 11.2. The number of rotatable bonds is 6. The fourth-order valence-electron chi connectivity index (χ4n) is 4.15. The summed E-state index contributed by atoms with van der Waals surface area (Å²) in [5, 5.41) is 0. The maximum atomic E-state index is 13.6. The Balaban J connectivity index is 1.79. The molecule has 0 unspecified atom stereocenters. The van der Waals surface area contributed by atoms with Gasteiger partial charge in [0.15, 0.2) is 0 Å². The molecule has 31 heavy (non-hydrogen) atoms. The van der Waals surface area contributed by atoms with Gasteiger partial charge in [-0.15, -0.1) is 0 Å². The molecule has 0 saturated carbocycles. The molecule has 0 saturated heterocycles. The number of hydrogen-bond donors (Lipinski definition) is 0. The van der Waals surface area contributed by atoms with Crippen LogP contribution in [0.15, 0.2) is 53.3 Å². The molecule has 5 heteroatoms. The molecule has 1 aliphatic rings. The molecule has 2 heterocycles. The Labute approximate surface area is 185 Å². The van der Waals surface area contributed by atoms with Crippen LogP contribution in [-0.2, 0) is 13.1 Å². The monoisotopic (exact) mass is 416 g/mol. The third-order valence-corrected chi connectivity index (χ3v) is 6.23. The fraction of sp³-hybridized carbons (Fsp3) is 0.385. The van der Waals surface area contributed by atoms with Crippen LogP contribution < -0.4 is 10.5 Å². The van der Waals surface area contributed by atoms with Crippen molar-refractivity contribution in [1.29, 1.82) is 0 Å². The molecule has 1 aromatic heterocycles. The Kier molecular flexibility index (Phi) is 6.23. The lowest BCUT2D eigenvalue weighted by atomic mass is 10.0. The van der Waals surface area contributed by atoms with Gasteiger partial charge in [0.2, 0.25) is 5.95 Å². The SMILES string of the molecule is CCCCN1CN(c2ccc(C)c(C)c2)c2nc(C)c(Cc3ccccc3)c(=O)n2C1. The second-order valence-electron chi connectivity index (χ2n) is 8.60. The first kappa shape index (κ1) is 21.3. The average Bonchev–Trinajstić information content (AvgIpc) is 2.77. The summed E-state index contributed by atoms with van der Waals surface area (Å²) < 4.78 is 1.86. The van der Waals surface area contributed by atoms with Crippen LogP contribution in [0.4, 0.5) is 11.6 Å². The number of fused-ring (bicyclic) bond motifs is 1. The largest absolute Gasteiger partial charge is 0.298 e. The van der Waals surface area contributed by atoms with Crippen molar-refractivity contribution >= 4 is 11.6 Å². The highest BCUT2D eigenvalue weighted by Crippen LogP contribution is 2.29.